The van der Waals surface area contributed by atoms with Crippen molar-refractivity contribution in [2.75, 3.05) is 5.32 Å². The Balaban J connectivity index is 2.02. The third-order valence-corrected chi connectivity index (χ3v) is 4.09. The van der Waals surface area contributed by atoms with E-state index in [0.717, 1.165) is 17.1 Å². The fourth-order valence-corrected chi connectivity index (χ4v) is 2.19. The van der Waals surface area contributed by atoms with Crippen molar-refractivity contribution in [1.29, 1.82) is 0 Å². The summed E-state index contributed by atoms with van der Waals surface area (Å²) in [4.78, 5) is 28.5. The molecule has 2 aromatic rings. The van der Waals surface area contributed by atoms with Crippen molar-refractivity contribution in [3.8, 4) is 5.69 Å². The number of anilines is 1. The molecule has 0 fully saturated rings. The third kappa shape index (κ3) is 4.47. The number of nitrogens with one attached hydrogen (secondary N) is 2. The summed E-state index contributed by atoms with van der Waals surface area (Å²) in [6.07, 6.45) is 1.78. The Hall–Kier alpha value is -2.63. The van der Waals surface area contributed by atoms with Crippen LogP contribution in [-0.2, 0) is 9.59 Å². The van der Waals surface area contributed by atoms with Crippen LogP contribution in [0.4, 0.5) is 5.69 Å². The van der Waals surface area contributed by atoms with Crippen molar-refractivity contribution >= 4 is 17.5 Å². The number of rotatable bonds is 4. The van der Waals surface area contributed by atoms with Crippen molar-refractivity contribution in [2.45, 2.75) is 47.6 Å². The quantitative estimate of drug-likeness (QED) is 0.897. The van der Waals surface area contributed by atoms with Gasteiger partial charge in [0, 0.05) is 22.5 Å². The molecule has 1 atom stereocenters. The van der Waals surface area contributed by atoms with Gasteiger partial charge in [0.1, 0.15) is 6.04 Å². The van der Waals surface area contributed by atoms with Crippen molar-refractivity contribution in [1.82, 2.24) is 14.9 Å². The Kier molecular flexibility index (Phi) is 5.30. The fraction of sp³-hybridized carbons (Fsp3) is 0.421. The Morgan fingerprint density at radius 1 is 1.12 bits per heavy atom. The normalized spacial score (nSPS) is 12.6. The summed E-state index contributed by atoms with van der Waals surface area (Å²) in [5.74, 6) is -0.406. The topological polar surface area (TPSA) is 76.0 Å². The SMILES string of the molecule is Cc1ncn(-c2ccc(NC(=O)C(C)NC(=O)C(C)(C)C)cc2)c1C. The van der Waals surface area contributed by atoms with E-state index in [0.29, 0.717) is 5.69 Å². The van der Waals surface area contributed by atoms with E-state index in [9.17, 15) is 9.59 Å². The Morgan fingerprint density at radius 2 is 1.72 bits per heavy atom. The second-order valence-corrected chi connectivity index (χ2v) is 7.27. The molecule has 0 saturated heterocycles. The van der Waals surface area contributed by atoms with Gasteiger partial charge in [0.05, 0.1) is 12.0 Å². The van der Waals surface area contributed by atoms with E-state index in [1.807, 2.05) is 63.5 Å². The third-order valence-electron chi connectivity index (χ3n) is 4.09. The molecule has 0 spiro atoms. The highest BCUT2D eigenvalue weighted by Gasteiger charge is 2.25. The Morgan fingerprint density at radius 3 is 2.20 bits per heavy atom. The van der Waals surface area contributed by atoms with Crippen molar-refractivity contribution in [3.63, 3.8) is 0 Å². The molecule has 0 radical (unpaired) electrons. The second-order valence-electron chi connectivity index (χ2n) is 7.27. The average molecular weight is 342 g/mol. The van der Waals surface area contributed by atoms with E-state index in [-0.39, 0.29) is 11.8 Å². The number of hydrogen-bond donors (Lipinski definition) is 2. The standard InChI is InChI=1S/C19H26N4O2/c1-12-14(3)23(11-20-12)16-9-7-15(8-10-16)22-17(24)13(2)21-18(25)19(4,5)6/h7-11,13H,1-6H3,(H,21,25)(H,22,24). The summed E-state index contributed by atoms with van der Waals surface area (Å²) >= 11 is 0. The van der Waals surface area contributed by atoms with Crippen molar-refractivity contribution in [3.05, 3.63) is 42.0 Å². The van der Waals surface area contributed by atoms with E-state index < -0.39 is 11.5 Å². The molecule has 134 valence electrons. The smallest absolute Gasteiger partial charge is 0.246 e. The van der Waals surface area contributed by atoms with Crippen LogP contribution in [0.15, 0.2) is 30.6 Å². The highest BCUT2D eigenvalue weighted by Crippen LogP contribution is 2.17. The van der Waals surface area contributed by atoms with Gasteiger partial charge in [-0.1, -0.05) is 20.8 Å². The minimum absolute atomic E-state index is 0.156. The molecule has 2 amide bonds. The van der Waals surface area contributed by atoms with Crippen LogP contribution in [0.2, 0.25) is 0 Å². The van der Waals surface area contributed by atoms with Crippen molar-refractivity contribution in [2.24, 2.45) is 5.41 Å². The number of hydrogen-bond acceptors (Lipinski definition) is 3. The molecule has 0 bridgehead atoms. The first-order chi connectivity index (χ1) is 11.6. The highest BCUT2D eigenvalue weighted by molar-refractivity contribution is 5.97. The molecule has 1 unspecified atom stereocenters. The van der Waals surface area contributed by atoms with Gasteiger partial charge in [0.15, 0.2) is 0 Å². The second kappa shape index (κ2) is 7.09. The van der Waals surface area contributed by atoms with Gasteiger partial charge in [-0.25, -0.2) is 4.98 Å². The molecule has 6 nitrogen and oxygen atoms in total. The molecule has 2 rings (SSSR count). The predicted octanol–water partition coefficient (Wildman–Crippen LogP) is 2.98. The predicted molar refractivity (Wildman–Crippen MR) is 98.7 cm³/mol. The number of nitrogens with zero attached hydrogens (tertiary/aromatic N) is 2. The first-order valence-electron chi connectivity index (χ1n) is 8.32. The van der Waals surface area contributed by atoms with Gasteiger partial charge in [0.2, 0.25) is 11.8 Å². The molecular formula is C19H26N4O2. The van der Waals surface area contributed by atoms with Crippen LogP contribution in [0.25, 0.3) is 5.69 Å². The van der Waals surface area contributed by atoms with E-state index in [1.165, 1.54) is 0 Å². The van der Waals surface area contributed by atoms with Crippen LogP contribution >= 0.6 is 0 Å². The lowest BCUT2D eigenvalue weighted by Gasteiger charge is -2.21. The largest absolute Gasteiger partial charge is 0.344 e. The molecule has 6 heteroatoms. The maximum Gasteiger partial charge on any atom is 0.246 e. The lowest BCUT2D eigenvalue weighted by Crippen LogP contribution is -2.46. The summed E-state index contributed by atoms with van der Waals surface area (Å²) in [6, 6.07) is 6.90. The van der Waals surface area contributed by atoms with E-state index >= 15 is 0 Å². The zero-order chi connectivity index (χ0) is 18.8. The van der Waals surface area contributed by atoms with Gasteiger partial charge in [-0.3, -0.25) is 9.59 Å². The molecule has 1 aromatic carbocycles. The summed E-state index contributed by atoms with van der Waals surface area (Å²) in [7, 11) is 0. The zero-order valence-corrected chi connectivity index (χ0v) is 15.7. The number of aryl methyl sites for hydroxylation is 1. The molecule has 2 N–H and O–H groups in total. The van der Waals surface area contributed by atoms with E-state index in [1.54, 1.807) is 13.3 Å². The summed E-state index contributed by atoms with van der Waals surface area (Å²) < 4.78 is 1.99. The summed E-state index contributed by atoms with van der Waals surface area (Å²) in [6.45, 7) is 11.1. The van der Waals surface area contributed by atoms with Crippen LogP contribution in [0.1, 0.15) is 39.1 Å². The Labute approximate surface area is 148 Å². The molecule has 0 aliphatic heterocycles. The maximum absolute atomic E-state index is 12.2. The number of aromatic nitrogens is 2. The summed E-state index contributed by atoms with van der Waals surface area (Å²) in [5.41, 5.74) is 3.19. The van der Waals surface area contributed by atoms with Gasteiger partial charge >= 0.3 is 0 Å². The van der Waals surface area contributed by atoms with Gasteiger partial charge in [0.25, 0.3) is 0 Å². The van der Waals surface area contributed by atoms with Crippen LogP contribution < -0.4 is 10.6 Å². The summed E-state index contributed by atoms with van der Waals surface area (Å²) in [5, 5.41) is 5.54. The molecule has 25 heavy (non-hydrogen) atoms. The van der Waals surface area contributed by atoms with E-state index in [4.69, 9.17) is 0 Å². The van der Waals surface area contributed by atoms with Crippen LogP contribution in [0, 0.1) is 19.3 Å². The van der Waals surface area contributed by atoms with E-state index in [2.05, 4.69) is 15.6 Å². The molecule has 0 saturated carbocycles. The first-order valence-corrected chi connectivity index (χ1v) is 8.32. The fourth-order valence-electron chi connectivity index (χ4n) is 2.19. The number of carbonyl (C=O) groups excluding carboxylic acids is 2. The lowest BCUT2D eigenvalue weighted by atomic mass is 9.95. The van der Waals surface area contributed by atoms with Gasteiger partial charge in [-0.05, 0) is 45.0 Å². The van der Waals surface area contributed by atoms with Crippen LogP contribution in [0.3, 0.4) is 0 Å². The van der Waals surface area contributed by atoms with Gasteiger partial charge in [-0.2, -0.15) is 0 Å². The van der Waals surface area contributed by atoms with Gasteiger partial charge in [-0.15, -0.1) is 0 Å². The zero-order valence-electron chi connectivity index (χ0n) is 15.7. The molecule has 1 heterocycles. The van der Waals surface area contributed by atoms with Crippen molar-refractivity contribution < 1.29 is 9.59 Å². The molecule has 1 aromatic heterocycles. The Bertz CT molecular complexity index is 770. The maximum atomic E-state index is 12.2. The monoisotopic (exact) mass is 342 g/mol. The number of amides is 2. The molecular weight excluding hydrogens is 316 g/mol. The first kappa shape index (κ1) is 18.7. The minimum atomic E-state index is -0.607. The number of carbonyl (C=O) groups is 2. The molecule has 0 aliphatic rings. The number of imidazole rings is 1. The highest BCUT2D eigenvalue weighted by atomic mass is 16.2. The number of benzene rings is 1. The minimum Gasteiger partial charge on any atom is -0.344 e. The molecule has 0 aliphatic carbocycles. The lowest BCUT2D eigenvalue weighted by molar-refractivity contribution is -0.131. The van der Waals surface area contributed by atoms with Gasteiger partial charge < -0.3 is 15.2 Å². The average Bonchev–Trinajstić information content (AvgIpc) is 2.86. The van der Waals surface area contributed by atoms with Crippen LogP contribution in [-0.4, -0.2) is 27.4 Å². The van der Waals surface area contributed by atoms with Crippen LogP contribution in [0.5, 0.6) is 0 Å².